The minimum atomic E-state index is -0.604. The number of H-pyrrole nitrogens is 1. The quantitative estimate of drug-likeness (QED) is 0.478. The Kier molecular flexibility index (Phi) is 6.81. The molecule has 10 heteroatoms. The minimum Gasteiger partial charge on any atom is -0.484 e. The second-order valence-corrected chi connectivity index (χ2v) is 8.56. The highest BCUT2D eigenvalue weighted by molar-refractivity contribution is 6.31. The predicted octanol–water partition coefficient (Wildman–Crippen LogP) is 4.70. The number of aromatic amines is 1. The van der Waals surface area contributed by atoms with Gasteiger partial charge in [0, 0.05) is 23.0 Å². The number of aromatic nitrogens is 2. The fraction of sp³-hybridized carbons (Fsp3) is 0.318. The SMILES string of the molecule is O=C(COc1ccc(Cl)c(F)c1)NC1CCC(C(=O)Nc2nc3ccc(Cl)cc3[nH]2)CC1. The molecule has 1 fully saturated rings. The van der Waals surface area contributed by atoms with Gasteiger partial charge in [0.25, 0.3) is 5.91 Å². The highest BCUT2D eigenvalue weighted by atomic mass is 35.5. The number of amides is 2. The lowest BCUT2D eigenvalue weighted by Crippen LogP contribution is -2.41. The molecule has 32 heavy (non-hydrogen) atoms. The van der Waals surface area contributed by atoms with Crippen LogP contribution < -0.4 is 15.4 Å². The molecule has 0 atom stereocenters. The summed E-state index contributed by atoms with van der Waals surface area (Å²) in [4.78, 5) is 32.1. The summed E-state index contributed by atoms with van der Waals surface area (Å²) in [5.74, 6) is -0.545. The normalized spacial score (nSPS) is 18.3. The molecular formula is C22H21Cl2FN4O3. The molecule has 4 rings (SSSR count). The lowest BCUT2D eigenvalue weighted by Gasteiger charge is -2.28. The van der Waals surface area contributed by atoms with Gasteiger partial charge in [0.2, 0.25) is 11.9 Å². The molecule has 0 spiro atoms. The molecule has 3 aromatic rings. The fourth-order valence-electron chi connectivity index (χ4n) is 3.74. The van der Waals surface area contributed by atoms with Gasteiger partial charge in [0.15, 0.2) is 6.61 Å². The van der Waals surface area contributed by atoms with Gasteiger partial charge >= 0.3 is 0 Å². The first-order chi connectivity index (χ1) is 15.4. The zero-order valence-corrected chi connectivity index (χ0v) is 18.5. The number of hydrogen-bond donors (Lipinski definition) is 3. The number of fused-ring (bicyclic) bond motifs is 1. The van der Waals surface area contributed by atoms with Gasteiger partial charge in [-0.05, 0) is 56.0 Å². The van der Waals surface area contributed by atoms with Crippen molar-refractivity contribution in [2.24, 2.45) is 5.92 Å². The number of carbonyl (C=O) groups is 2. The summed E-state index contributed by atoms with van der Waals surface area (Å²) < 4.78 is 18.7. The van der Waals surface area contributed by atoms with Gasteiger partial charge in [-0.1, -0.05) is 23.2 Å². The number of anilines is 1. The Bertz CT molecular complexity index is 1150. The molecule has 0 unspecified atom stereocenters. The van der Waals surface area contributed by atoms with E-state index in [0.29, 0.717) is 36.7 Å². The minimum absolute atomic E-state index is 0.00711. The summed E-state index contributed by atoms with van der Waals surface area (Å²) in [7, 11) is 0. The average Bonchev–Trinajstić information content (AvgIpc) is 3.16. The molecule has 0 saturated heterocycles. The molecule has 1 aromatic heterocycles. The summed E-state index contributed by atoms with van der Waals surface area (Å²) in [6.45, 7) is -0.225. The van der Waals surface area contributed by atoms with Crippen LogP contribution in [0.3, 0.4) is 0 Å². The van der Waals surface area contributed by atoms with E-state index in [2.05, 4.69) is 20.6 Å². The van der Waals surface area contributed by atoms with Crippen LogP contribution in [0.15, 0.2) is 36.4 Å². The Hall–Kier alpha value is -2.84. The van der Waals surface area contributed by atoms with Gasteiger partial charge in [-0.2, -0.15) is 0 Å². The number of benzene rings is 2. The van der Waals surface area contributed by atoms with Crippen LogP contribution in [0.5, 0.6) is 5.75 Å². The maximum absolute atomic E-state index is 13.4. The number of nitrogens with zero attached hydrogens (tertiary/aromatic N) is 1. The van der Waals surface area contributed by atoms with Gasteiger partial charge in [0.1, 0.15) is 11.6 Å². The zero-order valence-electron chi connectivity index (χ0n) is 17.0. The van der Waals surface area contributed by atoms with E-state index < -0.39 is 5.82 Å². The first-order valence-corrected chi connectivity index (χ1v) is 11.0. The van der Waals surface area contributed by atoms with Crippen LogP contribution in [-0.2, 0) is 9.59 Å². The molecule has 0 bridgehead atoms. The van der Waals surface area contributed by atoms with Gasteiger partial charge in [-0.25, -0.2) is 9.37 Å². The molecule has 7 nitrogen and oxygen atoms in total. The summed E-state index contributed by atoms with van der Waals surface area (Å²) in [5, 5.41) is 6.31. The molecule has 2 aromatic carbocycles. The highest BCUT2D eigenvalue weighted by Gasteiger charge is 2.27. The topological polar surface area (TPSA) is 96.1 Å². The summed E-state index contributed by atoms with van der Waals surface area (Å²) >= 11 is 11.6. The first kappa shape index (κ1) is 22.4. The van der Waals surface area contributed by atoms with Crippen LogP contribution >= 0.6 is 23.2 Å². The van der Waals surface area contributed by atoms with Gasteiger partial charge in [-0.15, -0.1) is 0 Å². The second kappa shape index (κ2) is 9.75. The third-order valence-electron chi connectivity index (χ3n) is 5.41. The van der Waals surface area contributed by atoms with E-state index in [-0.39, 0.29) is 41.2 Å². The molecule has 3 N–H and O–H groups in total. The number of imidazole rings is 1. The number of halogens is 3. The molecule has 2 amide bonds. The Labute approximate surface area is 193 Å². The monoisotopic (exact) mass is 478 g/mol. The standard InChI is InChI=1S/C22H21Cl2FN4O3/c23-13-3-8-18-19(9-13)28-22(27-18)29-21(31)12-1-4-14(5-2-12)26-20(30)11-32-15-6-7-16(24)17(25)10-15/h3,6-10,12,14H,1-2,4-5,11H2,(H,26,30)(H2,27,28,29,31). The Morgan fingerprint density at radius 3 is 2.66 bits per heavy atom. The van der Waals surface area contributed by atoms with Crippen molar-refractivity contribution in [1.82, 2.24) is 15.3 Å². The van der Waals surface area contributed by atoms with Crippen molar-refractivity contribution in [3.63, 3.8) is 0 Å². The van der Waals surface area contributed by atoms with Crippen molar-refractivity contribution >= 4 is 52.0 Å². The zero-order chi connectivity index (χ0) is 22.7. The second-order valence-electron chi connectivity index (χ2n) is 7.72. The van der Waals surface area contributed by atoms with E-state index in [9.17, 15) is 14.0 Å². The third-order valence-corrected chi connectivity index (χ3v) is 5.95. The van der Waals surface area contributed by atoms with E-state index in [0.717, 1.165) is 17.1 Å². The molecule has 168 valence electrons. The number of rotatable bonds is 6. The van der Waals surface area contributed by atoms with E-state index in [1.807, 2.05) is 0 Å². The molecule has 0 aliphatic heterocycles. The average molecular weight is 479 g/mol. The van der Waals surface area contributed by atoms with E-state index in [1.54, 1.807) is 18.2 Å². The van der Waals surface area contributed by atoms with Crippen LogP contribution in [0.1, 0.15) is 25.7 Å². The van der Waals surface area contributed by atoms with Gasteiger partial charge in [0.05, 0.1) is 16.1 Å². The summed E-state index contributed by atoms with van der Waals surface area (Å²) in [6, 6.07) is 9.24. The maximum atomic E-state index is 13.4. The molecule has 1 aliphatic rings. The smallest absolute Gasteiger partial charge is 0.258 e. The molecule has 1 heterocycles. The number of ether oxygens (including phenoxy) is 1. The highest BCUT2D eigenvalue weighted by Crippen LogP contribution is 2.26. The number of hydrogen-bond acceptors (Lipinski definition) is 4. The Morgan fingerprint density at radius 2 is 1.91 bits per heavy atom. The van der Waals surface area contributed by atoms with Crippen molar-refractivity contribution in [2.75, 3.05) is 11.9 Å². The van der Waals surface area contributed by atoms with Crippen molar-refractivity contribution in [3.05, 3.63) is 52.3 Å². The lowest BCUT2D eigenvalue weighted by molar-refractivity contribution is -0.124. The summed E-state index contributed by atoms with van der Waals surface area (Å²) in [5.41, 5.74) is 1.47. The van der Waals surface area contributed by atoms with Crippen molar-refractivity contribution < 1.29 is 18.7 Å². The van der Waals surface area contributed by atoms with Crippen LogP contribution in [0.4, 0.5) is 10.3 Å². The van der Waals surface area contributed by atoms with Crippen molar-refractivity contribution in [1.29, 1.82) is 0 Å². The van der Waals surface area contributed by atoms with Crippen LogP contribution in [0.25, 0.3) is 11.0 Å². The number of carbonyl (C=O) groups excluding carboxylic acids is 2. The Morgan fingerprint density at radius 1 is 1.12 bits per heavy atom. The fourth-order valence-corrected chi connectivity index (χ4v) is 4.03. The van der Waals surface area contributed by atoms with Gasteiger partial charge in [-0.3, -0.25) is 14.9 Å². The van der Waals surface area contributed by atoms with Gasteiger partial charge < -0.3 is 15.0 Å². The van der Waals surface area contributed by atoms with Crippen molar-refractivity contribution in [2.45, 2.75) is 31.7 Å². The molecule has 1 aliphatic carbocycles. The van der Waals surface area contributed by atoms with Crippen molar-refractivity contribution in [3.8, 4) is 5.75 Å². The first-order valence-electron chi connectivity index (χ1n) is 10.2. The lowest BCUT2D eigenvalue weighted by atomic mass is 9.85. The van der Waals surface area contributed by atoms with E-state index >= 15 is 0 Å². The molecule has 0 radical (unpaired) electrons. The van der Waals surface area contributed by atoms with Crippen LogP contribution in [0, 0.1) is 11.7 Å². The van der Waals surface area contributed by atoms with E-state index in [4.69, 9.17) is 27.9 Å². The van der Waals surface area contributed by atoms with Crippen LogP contribution in [0.2, 0.25) is 10.0 Å². The Balaban J connectivity index is 1.22. The number of nitrogens with one attached hydrogen (secondary N) is 3. The van der Waals surface area contributed by atoms with E-state index in [1.165, 1.54) is 12.1 Å². The third kappa shape index (κ3) is 5.49. The summed E-state index contributed by atoms with van der Waals surface area (Å²) in [6.07, 6.45) is 2.64. The molecule has 1 saturated carbocycles. The molecular weight excluding hydrogens is 458 g/mol. The predicted molar refractivity (Wildman–Crippen MR) is 121 cm³/mol. The van der Waals surface area contributed by atoms with Crippen LogP contribution in [-0.4, -0.2) is 34.4 Å². The largest absolute Gasteiger partial charge is 0.484 e. The maximum Gasteiger partial charge on any atom is 0.258 e.